The van der Waals surface area contributed by atoms with Gasteiger partial charge in [-0.05, 0) is 43.2 Å². The van der Waals surface area contributed by atoms with E-state index in [0.717, 1.165) is 5.92 Å². The second kappa shape index (κ2) is 2.83. The molecule has 1 aliphatic heterocycles. The molecule has 1 aromatic rings. The molecule has 14 heavy (non-hydrogen) atoms. The van der Waals surface area contributed by atoms with Crippen molar-refractivity contribution in [3.63, 3.8) is 0 Å². The van der Waals surface area contributed by atoms with Gasteiger partial charge >= 0.3 is 0 Å². The second-order valence-electron chi connectivity index (χ2n) is 4.96. The van der Waals surface area contributed by atoms with Crippen LogP contribution in [0.2, 0.25) is 0 Å². The lowest BCUT2D eigenvalue weighted by Crippen LogP contribution is -2.10. The molecule has 0 aromatic heterocycles. The SMILES string of the molecule is Cc1ccc([C@H]2C[C@]23CCNC3)cc1. The van der Waals surface area contributed by atoms with Gasteiger partial charge in [-0.15, -0.1) is 0 Å². The molecule has 1 heterocycles. The molecule has 1 heteroatoms. The summed E-state index contributed by atoms with van der Waals surface area (Å²) in [5, 5.41) is 3.49. The first kappa shape index (κ1) is 8.49. The lowest BCUT2D eigenvalue weighted by Gasteiger charge is -2.07. The van der Waals surface area contributed by atoms with Crippen LogP contribution in [-0.4, -0.2) is 13.1 Å². The third kappa shape index (κ3) is 1.19. The molecule has 1 nitrogen and oxygen atoms in total. The summed E-state index contributed by atoms with van der Waals surface area (Å²) in [6, 6.07) is 9.10. The Bertz CT molecular complexity index is 333. The Morgan fingerprint density at radius 3 is 2.71 bits per heavy atom. The normalized spacial score (nSPS) is 35.1. The molecule has 2 atom stereocenters. The predicted molar refractivity (Wildman–Crippen MR) is 58.5 cm³/mol. The maximum atomic E-state index is 3.49. The summed E-state index contributed by atoms with van der Waals surface area (Å²) >= 11 is 0. The van der Waals surface area contributed by atoms with Gasteiger partial charge in [0.2, 0.25) is 0 Å². The first-order valence-electron chi connectivity index (χ1n) is 5.57. The summed E-state index contributed by atoms with van der Waals surface area (Å²) in [6.07, 6.45) is 2.79. The zero-order chi connectivity index (χ0) is 9.60. The van der Waals surface area contributed by atoms with Gasteiger partial charge in [0.25, 0.3) is 0 Å². The van der Waals surface area contributed by atoms with E-state index in [1.54, 1.807) is 5.56 Å². The maximum absolute atomic E-state index is 3.49. The highest BCUT2D eigenvalue weighted by Crippen LogP contribution is 2.62. The van der Waals surface area contributed by atoms with E-state index in [0.29, 0.717) is 5.41 Å². The zero-order valence-corrected chi connectivity index (χ0v) is 8.72. The Hall–Kier alpha value is -0.820. The minimum absolute atomic E-state index is 0.648. The fourth-order valence-corrected chi connectivity index (χ4v) is 2.85. The minimum atomic E-state index is 0.648. The molecular weight excluding hydrogens is 170 g/mol. The van der Waals surface area contributed by atoms with Gasteiger partial charge in [0.15, 0.2) is 0 Å². The molecule has 2 fully saturated rings. The van der Waals surface area contributed by atoms with Crippen molar-refractivity contribution in [2.75, 3.05) is 13.1 Å². The standard InChI is InChI=1S/C13H17N/c1-10-2-4-11(5-3-10)12-8-13(12)6-7-14-9-13/h2-5,12,14H,6-9H2,1H3/t12-,13+/m1/s1. The van der Waals surface area contributed by atoms with Crippen LogP contribution in [0.3, 0.4) is 0 Å². The van der Waals surface area contributed by atoms with Gasteiger partial charge in [0.05, 0.1) is 0 Å². The van der Waals surface area contributed by atoms with Crippen molar-refractivity contribution in [3.05, 3.63) is 35.4 Å². The topological polar surface area (TPSA) is 12.0 Å². The number of benzene rings is 1. The van der Waals surface area contributed by atoms with Crippen LogP contribution >= 0.6 is 0 Å². The van der Waals surface area contributed by atoms with Crippen molar-refractivity contribution in [1.29, 1.82) is 0 Å². The second-order valence-corrected chi connectivity index (χ2v) is 4.96. The average molecular weight is 187 g/mol. The smallest absolute Gasteiger partial charge is 0.00144 e. The highest BCUT2D eigenvalue weighted by Gasteiger charge is 2.55. The van der Waals surface area contributed by atoms with Crippen LogP contribution in [0.4, 0.5) is 0 Å². The summed E-state index contributed by atoms with van der Waals surface area (Å²) in [7, 11) is 0. The van der Waals surface area contributed by atoms with Crippen molar-refractivity contribution in [1.82, 2.24) is 5.32 Å². The fourth-order valence-electron chi connectivity index (χ4n) is 2.85. The lowest BCUT2D eigenvalue weighted by atomic mass is 9.98. The van der Waals surface area contributed by atoms with Crippen LogP contribution in [0.1, 0.15) is 29.9 Å². The predicted octanol–water partition coefficient (Wildman–Crippen LogP) is 2.46. The third-order valence-electron chi connectivity index (χ3n) is 3.95. The molecule has 0 unspecified atom stereocenters. The van der Waals surface area contributed by atoms with Gasteiger partial charge in [-0.3, -0.25) is 0 Å². The third-order valence-corrected chi connectivity index (χ3v) is 3.95. The van der Waals surface area contributed by atoms with Crippen LogP contribution < -0.4 is 5.32 Å². The average Bonchev–Trinajstić information content (AvgIpc) is 2.68. The van der Waals surface area contributed by atoms with Gasteiger partial charge in [-0.25, -0.2) is 0 Å². The molecule has 3 rings (SSSR count). The van der Waals surface area contributed by atoms with Crippen molar-refractivity contribution < 1.29 is 0 Å². The molecular formula is C13H17N. The molecule has 2 aliphatic rings. The van der Waals surface area contributed by atoms with E-state index in [1.807, 2.05) is 0 Å². The van der Waals surface area contributed by atoms with Crippen LogP contribution in [0.5, 0.6) is 0 Å². The number of nitrogens with one attached hydrogen (secondary N) is 1. The minimum Gasteiger partial charge on any atom is -0.316 e. The largest absolute Gasteiger partial charge is 0.316 e. The highest BCUT2D eigenvalue weighted by molar-refractivity contribution is 5.33. The Labute approximate surface area is 85.5 Å². The van der Waals surface area contributed by atoms with Crippen molar-refractivity contribution in [2.24, 2.45) is 5.41 Å². The van der Waals surface area contributed by atoms with E-state index in [-0.39, 0.29) is 0 Å². The van der Waals surface area contributed by atoms with Gasteiger partial charge in [-0.1, -0.05) is 29.8 Å². The molecule has 1 N–H and O–H groups in total. The molecule has 74 valence electrons. The molecule has 1 spiro atoms. The van der Waals surface area contributed by atoms with Crippen molar-refractivity contribution in [2.45, 2.75) is 25.7 Å². The molecule has 1 saturated heterocycles. The highest BCUT2D eigenvalue weighted by atomic mass is 14.9. The zero-order valence-electron chi connectivity index (χ0n) is 8.72. The summed E-state index contributed by atoms with van der Waals surface area (Å²) in [5.74, 6) is 0.845. The lowest BCUT2D eigenvalue weighted by molar-refractivity contribution is 0.549. The Morgan fingerprint density at radius 1 is 1.29 bits per heavy atom. The van der Waals surface area contributed by atoms with Crippen molar-refractivity contribution >= 4 is 0 Å². The van der Waals surface area contributed by atoms with Crippen LogP contribution in [-0.2, 0) is 0 Å². The number of hydrogen-bond donors (Lipinski definition) is 1. The van der Waals surface area contributed by atoms with Gasteiger partial charge in [-0.2, -0.15) is 0 Å². The van der Waals surface area contributed by atoms with E-state index in [4.69, 9.17) is 0 Å². The fraction of sp³-hybridized carbons (Fsp3) is 0.538. The number of aryl methyl sites for hydroxylation is 1. The van der Waals surface area contributed by atoms with E-state index < -0.39 is 0 Å². The summed E-state index contributed by atoms with van der Waals surface area (Å²) in [6.45, 7) is 4.62. The molecule has 0 amide bonds. The summed E-state index contributed by atoms with van der Waals surface area (Å²) in [5.41, 5.74) is 3.57. The van der Waals surface area contributed by atoms with E-state index in [2.05, 4.69) is 36.5 Å². The van der Waals surface area contributed by atoms with E-state index in [9.17, 15) is 0 Å². The molecule has 1 aromatic carbocycles. The molecule has 0 radical (unpaired) electrons. The maximum Gasteiger partial charge on any atom is 0.00144 e. The Kier molecular flexibility index (Phi) is 1.72. The monoisotopic (exact) mass is 187 g/mol. The van der Waals surface area contributed by atoms with Gasteiger partial charge < -0.3 is 5.32 Å². The first-order valence-corrected chi connectivity index (χ1v) is 5.57. The van der Waals surface area contributed by atoms with E-state index in [1.165, 1.54) is 31.5 Å². The Morgan fingerprint density at radius 2 is 2.07 bits per heavy atom. The summed E-state index contributed by atoms with van der Waals surface area (Å²) < 4.78 is 0. The quantitative estimate of drug-likeness (QED) is 0.712. The van der Waals surface area contributed by atoms with Crippen LogP contribution in [0, 0.1) is 12.3 Å². The van der Waals surface area contributed by atoms with Gasteiger partial charge in [0.1, 0.15) is 0 Å². The Balaban J connectivity index is 1.82. The van der Waals surface area contributed by atoms with Crippen molar-refractivity contribution in [3.8, 4) is 0 Å². The number of hydrogen-bond acceptors (Lipinski definition) is 1. The molecule has 0 bridgehead atoms. The van der Waals surface area contributed by atoms with E-state index >= 15 is 0 Å². The first-order chi connectivity index (χ1) is 6.80. The summed E-state index contributed by atoms with van der Waals surface area (Å²) in [4.78, 5) is 0. The molecule has 1 saturated carbocycles. The number of rotatable bonds is 1. The van der Waals surface area contributed by atoms with Crippen LogP contribution in [0.25, 0.3) is 0 Å². The van der Waals surface area contributed by atoms with Crippen LogP contribution in [0.15, 0.2) is 24.3 Å². The molecule has 1 aliphatic carbocycles. The van der Waals surface area contributed by atoms with Gasteiger partial charge in [0, 0.05) is 6.54 Å².